The number of hydrogen-bond acceptors (Lipinski definition) is 38. The molecule has 7 aromatic rings. The zero-order chi connectivity index (χ0) is 83.7. The van der Waals surface area contributed by atoms with Crippen LogP contribution in [0.5, 0.6) is 11.5 Å². The lowest BCUT2D eigenvalue weighted by molar-refractivity contribution is -0.385. The Morgan fingerprint density at radius 1 is 0.518 bits per heavy atom. The fraction of sp³-hybridized carbons (Fsp3) is 0.298. The van der Waals surface area contributed by atoms with Crippen molar-refractivity contribution >= 4 is 197 Å². The summed E-state index contributed by atoms with van der Waals surface area (Å²) in [6.45, 7) is 4.09. The van der Waals surface area contributed by atoms with Gasteiger partial charge in [-0.15, -0.1) is 61.7 Å². The first-order chi connectivity index (χ1) is 51.9. The minimum Gasteiger partial charge on any atom is -0.491 e. The number of amides is 1. The Balaban J connectivity index is 0.000000975. The smallest absolute Gasteiger partial charge is 0.425 e. The van der Waals surface area contributed by atoms with Gasteiger partial charge >= 0.3 is 10.6 Å². The number of nitrogens with two attached hydrogens (primary N) is 2. The molecule has 7 rings (SSSR count). The molecule has 0 saturated heterocycles. The van der Waals surface area contributed by atoms with Gasteiger partial charge in [-0.2, -0.15) is 79.0 Å². The van der Waals surface area contributed by atoms with E-state index in [4.69, 9.17) is 38.1 Å². The first-order valence-electron chi connectivity index (χ1n) is 31.0. The van der Waals surface area contributed by atoms with Crippen molar-refractivity contribution in [3.63, 3.8) is 0 Å². The Morgan fingerprint density at radius 3 is 1.48 bits per heavy atom. The summed E-state index contributed by atoms with van der Waals surface area (Å²) in [5.74, 6) is -4.69. The fourth-order valence-electron chi connectivity index (χ4n) is 8.55. The van der Waals surface area contributed by atoms with Crippen molar-refractivity contribution in [2.75, 3.05) is 92.8 Å². The monoisotopic (exact) mass is 1760 g/mol. The van der Waals surface area contributed by atoms with Crippen LogP contribution >= 0.6 is 23.5 Å². The zero-order valence-corrected chi connectivity index (χ0v) is 66.1. The first-order valence-corrected chi connectivity index (χ1v) is 44.8. The molecule has 55 heteroatoms. The Morgan fingerprint density at radius 2 is 0.982 bits per heavy atom. The number of rotatable bonds is 38. The molecule has 15 N–H and O–H groups in total. The lowest BCUT2D eigenvalue weighted by Gasteiger charge is -2.15. The third-order valence-electron chi connectivity index (χ3n) is 13.3. The van der Waals surface area contributed by atoms with Crippen LogP contribution in [0.3, 0.4) is 0 Å². The SMILES string of the molecule is CC(=O)Nc1cc(N=Nc2cc(SCCCS(=O)(=O)O)c(N=Nc3cc(OCCCS(=O)(=O)O)c(N)cc3C)cc2Nc2nc(NCCS(=O)(=O)O)nc(Nc3cccc(S(=O)(=O)O)c3)n2)c(SCCCS(=O)(=O)O)cc1N=Nc1ccc([N+](=O)[O-])cc1S(=O)(=O)O.Cc1ccc(OCCCS(=O)(=O)O)c(N)c1.O=S(=O)=O. The number of nitrogen functional groups attached to an aromatic ring is 2. The highest BCUT2D eigenvalue weighted by Gasteiger charge is 2.23. The largest absolute Gasteiger partial charge is 0.491 e. The van der Waals surface area contributed by atoms with Crippen molar-refractivity contribution in [1.29, 1.82) is 0 Å². The first kappa shape index (κ1) is 92.9. The average molecular weight is 1760 g/mol. The van der Waals surface area contributed by atoms with Crippen LogP contribution in [0.2, 0.25) is 0 Å². The molecular weight excluding hydrogens is 1690 g/mol. The maximum absolute atomic E-state index is 12.7. The molecule has 1 amide bonds. The Hall–Kier alpha value is -9.71. The van der Waals surface area contributed by atoms with Crippen LogP contribution in [0.15, 0.2) is 147 Å². The number of hydrogen-bond donors (Lipinski definition) is 13. The molecule has 0 saturated carbocycles. The van der Waals surface area contributed by atoms with Gasteiger partial charge in [-0.1, -0.05) is 12.1 Å². The van der Waals surface area contributed by atoms with Crippen molar-refractivity contribution in [1.82, 2.24) is 15.0 Å². The topological polar surface area (TPSA) is 723 Å². The number of carbonyl (C=O) groups excluding carboxylic acids is 1. The number of aromatic nitrogens is 3. The number of non-ortho nitro benzene ring substituents is 1. The number of nitro groups is 1. The quantitative estimate of drug-likeness (QED) is 0.00327. The predicted molar refractivity (Wildman–Crippen MR) is 408 cm³/mol. The van der Waals surface area contributed by atoms with Crippen LogP contribution in [0.1, 0.15) is 43.7 Å². The minimum absolute atomic E-state index is 0.0228. The molecule has 0 aliphatic carbocycles. The summed E-state index contributed by atoms with van der Waals surface area (Å²) in [5, 5.41) is 48.1. The number of nitrogens with one attached hydrogen (secondary N) is 4. The van der Waals surface area contributed by atoms with E-state index in [1.54, 1.807) is 19.1 Å². The summed E-state index contributed by atoms with van der Waals surface area (Å²) >= 11 is 1.85. The Kier molecular flexibility index (Phi) is 34.2. The molecule has 45 nitrogen and oxygen atoms in total. The third-order valence-corrected chi connectivity index (χ3v) is 21.2. The van der Waals surface area contributed by atoms with Crippen molar-refractivity contribution in [3.05, 3.63) is 118 Å². The second-order valence-corrected chi connectivity index (χ2v) is 35.8. The molecule has 0 radical (unpaired) electrons. The predicted octanol–water partition coefficient (Wildman–Crippen LogP) is 8.78. The van der Waals surface area contributed by atoms with Crippen LogP contribution in [0.4, 0.5) is 86.1 Å². The van der Waals surface area contributed by atoms with Crippen LogP contribution in [-0.2, 0) is 86.2 Å². The molecular formula is C57H68N16O29S10. The molecule has 0 fully saturated rings. The molecule has 0 aliphatic rings. The summed E-state index contributed by atoms with van der Waals surface area (Å²) in [4.78, 5) is 34.8. The van der Waals surface area contributed by atoms with Gasteiger partial charge in [0.15, 0.2) is 0 Å². The van der Waals surface area contributed by atoms with Gasteiger partial charge in [-0.25, -0.2) is 0 Å². The standard InChI is InChI=1S/C47H53N15O22S8.C10H15NO4S.O3S/c1-27-19-32(48)41(84-12-4-15-87(66,67)68)24-34(27)57-60-40-23-36(52-47-54-45(49-11-18-90(75,76)77)53-46(55-47)51-29-7-3-8-31(20-29)91(78,79)80)38(26-43(40)86-14-6-17-89(72,73)74)59-61-39-22-35(50-28(2)63)37(25-42(39)85-13-5-16-88(69,70)71)58-56-33-10-9-30(62(64)65)21-44(33)92(81,82)83;1-8-3-4-10(9(11)7-8)15-5-2-6-16(12,13)14;1-4(2)3/h3,7-10,19-26H,4-6,11-18,48H2,1-2H3,(H,50,63)(H,66,67,68)(H,69,70,71)(H,72,73,74)(H,75,76,77)(H,78,79,80)(H,81,82,83)(H3,49,51,52,53,54,55);3-4,7H,2,5-6,11H2,1H3,(H,12,13,14);. The Bertz CT molecular complexity index is 5690. The average Bonchev–Trinajstić information content (AvgIpc) is 0.804. The number of anilines is 8. The highest BCUT2D eigenvalue weighted by atomic mass is 32.2. The second-order valence-electron chi connectivity index (χ2n) is 22.5. The summed E-state index contributed by atoms with van der Waals surface area (Å²) in [7, 11) is -34.8. The number of aryl methyl sites for hydroxylation is 2. The van der Waals surface area contributed by atoms with E-state index in [0.717, 1.165) is 60.3 Å². The van der Waals surface area contributed by atoms with Crippen molar-refractivity contribution in [2.45, 2.75) is 66.0 Å². The molecule has 0 unspecified atom stereocenters. The summed E-state index contributed by atoms with van der Waals surface area (Å²) in [5.41, 5.74) is 11.8. The van der Waals surface area contributed by atoms with Gasteiger partial charge in [0, 0.05) is 47.1 Å². The normalized spacial score (nSPS) is 12.2. The number of carbonyl (C=O) groups is 1. The van der Waals surface area contributed by atoms with Crippen molar-refractivity contribution in [2.24, 2.45) is 30.7 Å². The van der Waals surface area contributed by atoms with E-state index in [1.807, 2.05) is 13.0 Å². The molecule has 1 aromatic heterocycles. The van der Waals surface area contributed by atoms with E-state index in [-0.39, 0.29) is 135 Å². The van der Waals surface area contributed by atoms with E-state index in [1.165, 1.54) is 48.5 Å². The number of azo groups is 3. The highest BCUT2D eigenvalue weighted by Crippen LogP contribution is 2.45. The molecule has 610 valence electrons. The molecule has 0 bridgehead atoms. The summed E-state index contributed by atoms with van der Waals surface area (Å²) in [6.07, 6.45) is -0.243. The van der Waals surface area contributed by atoms with Crippen LogP contribution in [0.25, 0.3) is 0 Å². The lowest BCUT2D eigenvalue weighted by atomic mass is 10.1. The maximum Gasteiger partial charge on any atom is 0.425 e. The van der Waals surface area contributed by atoms with Gasteiger partial charge in [0.1, 0.15) is 44.8 Å². The zero-order valence-electron chi connectivity index (χ0n) is 58.0. The number of nitrogens with zero attached hydrogens (tertiary/aromatic N) is 10. The van der Waals surface area contributed by atoms with Gasteiger partial charge in [-0.3, -0.25) is 46.8 Å². The summed E-state index contributed by atoms with van der Waals surface area (Å²) < 4.78 is 265. The van der Waals surface area contributed by atoms with Crippen molar-refractivity contribution < 1.29 is 123 Å². The van der Waals surface area contributed by atoms with Gasteiger partial charge in [0.05, 0.1) is 80.2 Å². The van der Waals surface area contributed by atoms with E-state index >= 15 is 0 Å². The van der Waals surface area contributed by atoms with Gasteiger partial charge in [0.25, 0.3) is 76.5 Å². The lowest BCUT2D eigenvalue weighted by Crippen LogP contribution is -2.17. The van der Waals surface area contributed by atoms with Crippen molar-refractivity contribution in [3.8, 4) is 11.5 Å². The van der Waals surface area contributed by atoms with E-state index < -0.39 is 149 Å². The van der Waals surface area contributed by atoms with Gasteiger partial charge in [0.2, 0.25) is 23.8 Å². The number of thioether (sulfide) groups is 2. The Labute approximate surface area is 649 Å². The van der Waals surface area contributed by atoms with Crippen LogP contribution in [-0.4, -0.2) is 189 Å². The van der Waals surface area contributed by atoms with Gasteiger partial charge in [-0.05, 0) is 129 Å². The maximum atomic E-state index is 12.7. The van der Waals surface area contributed by atoms with E-state index in [9.17, 15) is 101 Å². The van der Waals surface area contributed by atoms with Crippen LogP contribution < -0.4 is 42.2 Å². The highest BCUT2D eigenvalue weighted by molar-refractivity contribution is 7.99. The molecule has 112 heavy (non-hydrogen) atoms. The molecule has 0 aliphatic heterocycles. The molecule has 6 aromatic carbocycles. The van der Waals surface area contributed by atoms with E-state index in [2.05, 4.69) is 66.9 Å². The third kappa shape index (κ3) is 34.9. The second kappa shape index (κ2) is 41.2. The summed E-state index contributed by atoms with van der Waals surface area (Å²) in [6, 6.07) is 20.2. The number of benzene rings is 6. The van der Waals surface area contributed by atoms with Crippen LogP contribution in [0, 0.1) is 24.0 Å². The molecule has 1 heterocycles. The molecule has 0 atom stereocenters. The van der Waals surface area contributed by atoms with Gasteiger partial charge < -0.3 is 42.2 Å². The fourth-order valence-corrected chi connectivity index (χ4v) is 14.3. The molecule has 0 spiro atoms. The van der Waals surface area contributed by atoms with E-state index in [0.29, 0.717) is 23.1 Å². The minimum atomic E-state index is -5.18. The number of nitro benzene ring substituents is 1. The number of ether oxygens (including phenoxy) is 2.